The van der Waals surface area contributed by atoms with Crippen LogP contribution in [0.25, 0.3) is 0 Å². The smallest absolute Gasteiger partial charge is 0.330 e. The Hall–Kier alpha value is -0.830. The van der Waals surface area contributed by atoms with Gasteiger partial charge < -0.3 is 9.47 Å². The van der Waals surface area contributed by atoms with Gasteiger partial charge in [-0.05, 0) is 6.42 Å². The van der Waals surface area contributed by atoms with E-state index in [1.54, 1.807) is 0 Å². The Kier molecular flexibility index (Phi) is 2.87. The van der Waals surface area contributed by atoms with E-state index in [2.05, 4.69) is 13.5 Å². The third-order valence-electron chi connectivity index (χ3n) is 2.02. The minimum absolute atomic E-state index is 0.224. The maximum Gasteiger partial charge on any atom is 0.330 e. The summed E-state index contributed by atoms with van der Waals surface area (Å²) in [7, 11) is 0. The number of esters is 1. The summed E-state index contributed by atoms with van der Waals surface area (Å²) < 4.78 is 9.91. The monoisotopic (exact) mass is 170 g/mol. The Morgan fingerprint density at radius 2 is 2.42 bits per heavy atom. The number of carbonyl (C=O) groups is 1. The van der Waals surface area contributed by atoms with Crippen LogP contribution in [-0.4, -0.2) is 25.8 Å². The molecule has 0 aliphatic carbocycles. The second kappa shape index (κ2) is 3.72. The third-order valence-corrected chi connectivity index (χ3v) is 2.02. The molecule has 0 aromatic heterocycles. The highest BCUT2D eigenvalue weighted by atomic mass is 16.5. The van der Waals surface area contributed by atoms with Crippen LogP contribution in [0.5, 0.6) is 0 Å². The first-order valence-corrected chi connectivity index (χ1v) is 4.03. The van der Waals surface area contributed by atoms with Crippen molar-refractivity contribution in [1.82, 2.24) is 0 Å². The van der Waals surface area contributed by atoms with Gasteiger partial charge in [0, 0.05) is 11.5 Å². The summed E-state index contributed by atoms with van der Waals surface area (Å²) >= 11 is 0. The van der Waals surface area contributed by atoms with E-state index >= 15 is 0 Å². The predicted octanol–water partition coefficient (Wildman–Crippen LogP) is 1.14. The first-order chi connectivity index (χ1) is 5.66. The zero-order chi connectivity index (χ0) is 9.03. The van der Waals surface area contributed by atoms with Crippen molar-refractivity contribution in [1.29, 1.82) is 0 Å². The Balaban J connectivity index is 2.09. The topological polar surface area (TPSA) is 35.5 Å². The molecule has 1 fully saturated rings. The summed E-state index contributed by atoms with van der Waals surface area (Å²) in [5, 5.41) is 0. The molecule has 0 bridgehead atoms. The Morgan fingerprint density at radius 3 is 2.83 bits per heavy atom. The lowest BCUT2D eigenvalue weighted by Crippen LogP contribution is -2.40. The fourth-order valence-electron chi connectivity index (χ4n) is 1.05. The molecule has 0 aromatic rings. The van der Waals surface area contributed by atoms with Crippen LogP contribution in [0.4, 0.5) is 0 Å². The van der Waals surface area contributed by atoms with E-state index in [0.717, 1.165) is 19.6 Å². The normalized spacial score (nSPS) is 19.4. The summed E-state index contributed by atoms with van der Waals surface area (Å²) in [5.41, 5.74) is 0.224. The van der Waals surface area contributed by atoms with Crippen molar-refractivity contribution in [2.75, 3.05) is 19.8 Å². The van der Waals surface area contributed by atoms with Crippen molar-refractivity contribution in [2.45, 2.75) is 13.3 Å². The van der Waals surface area contributed by atoms with Crippen LogP contribution in [0.3, 0.4) is 0 Å². The van der Waals surface area contributed by atoms with Crippen LogP contribution in [0.2, 0.25) is 0 Å². The zero-order valence-corrected chi connectivity index (χ0v) is 7.34. The molecule has 0 saturated carbocycles. The molecule has 0 amide bonds. The highest BCUT2D eigenvalue weighted by Gasteiger charge is 2.32. The van der Waals surface area contributed by atoms with Crippen molar-refractivity contribution in [3.63, 3.8) is 0 Å². The number of carbonyl (C=O) groups excluding carboxylic acids is 1. The lowest BCUT2D eigenvalue weighted by atomic mass is 9.85. The fraction of sp³-hybridized carbons (Fsp3) is 0.667. The van der Waals surface area contributed by atoms with Crippen molar-refractivity contribution >= 4 is 5.97 Å². The molecule has 1 saturated heterocycles. The van der Waals surface area contributed by atoms with Crippen molar-refractivity contribution in [3.05, 3.63) is 12.7 Å². The molecule has 0 unspecified atom stereocenters. The maximum absolute atomic E-state index is 10.6. The van der Waals surface area contributed by atoms with Gasteiger partial charge in [0.05, 0.1) is 19.8 Å². The highest BCUT2D eigenvalue weighted by Crippen LogP contribution is 2.30. The van der Waals surface area contributed by atoms with E-state index in [4.69, 9.17) is 9.47 Å². The molecule has 3 nitrogen and oxygen atoms in total. The van der Waals surface area contributed by atoms with Crippen LogP contribution in [0.1, 0.15) is 13.3 Å². The molecule has 0 aromatic carbocycles. The van der Waals surface area contributed by atoms with E-state index in [9.17, 15) is 4.79 Å². The highest BCUT2D eigenvalue weighted by molar-refractivity contribution is 5.81. The summed E-state index contributed by atoms with van der Waals surface area (Å²) in [5.74, 6) is -0.348. The lowest BCUT2D eigenvalue weighted by molar-refractivity contribution is -0.144. The van der Waals surface area contributed by atoms with Crippen LogP contribution in [0.15, 0.2) is 12.7 Å². The molecule has 12 heavy (non-hydrogen) atoms. The van der Waals surface area contributed by atoms with E-state index < -0.39 is 0 Å². The van der Waals surface area contributed by atoms with E-state index in [1.807, 2.05) is 0 Å². The molecule has 0 N–H and O–H groups in total. The number of ether oxygens (including phenoxy) is 2. The van der Waals surface area contributed by atoms with Gasteiger partial charge in [-0.2, -0.15) is 0 Å². The van der Waals surface area contributed by atoms with Crippen molar-refractivity contribution in [3.8, 4) is 0 Å². The van der Waals surface area contributed by atoms with Gasteiger partial charge in [0.15, 0.2) is 0 Å². The van der Waals surface area contributed by atoms with E-state index in [0.29, 0.717) is 6.61 Å². The van der Waals surface area contributed by atoms with Gasteiger partial charge in [0.2, 0.25) is 0 Å². The summed E-state index contributed by atoms with van der Waals surface area (Å²) in [6.45, 7) is 7.45. The molecule has 0 atom stereocenters. The number of hydrogen-bond donors (Lipinski definition) is 0. The molecule has 1 rings (SSSR count). The molecule has 0 radical (unpaired) electrons. The molecule has 68 valence electrons. The SMILES string of the molecule is C=CC(=O)OCCC1(C)COC1. The zero-order valence-electron chi connectivity index (χ0n) is 7.34. The Bertz CT molecular complexity index is 182. The second-order valence-electron chi connectivity index (χ2n) is 3.43. The van der Waals surface area contributed by atoms with Crippen LogP contribution in [-0.2, 0) is 14.3 Å². The Morgan fingerprint density at radius 1 is 1.75 bits per heavy atom. The van der Waals surface area contributed by atoms with Gasteiger partial charge >= 0.3 is 5.97 Å². The van der Waals surface area contributed by atoms with Crippen molar-refractivity contribution < 1.29 is 14.3 Å². The third kappa shape index (κ3) is 2.34. The molecule has 1 aliphatic rings. The van der Waals surface area contributed by atoms with Gasteiger partial charge in [0.25, 0.3) is 0 Å². The lowest BCUT2D eigenvalue weighted by Gasteiger charge is -2.37. The minimum Gasteiger partial charge on any atom is -0.463 e. The molecule has 1 heterocycles. The average molecular weight is 170 g/mol. The summed E-state index contributed by atoms with van der Waals surface area (Å²) in [6.07, 6.45) is 2.05. The van der Waals surface area contributed by atoms with Crippen LogP contribution < -0.4 is 0 Å². The maximum atomic E-state index is 10.6. The van der Waals surface area contributed by atoms with E-state index in [-0.39, 0.29) is 11.4 Å². The second-order valence-corrected chi connectivity index (χ2v) is 3.43. The first kappa shape index (κ1) is 9.26. The Labute approximate surface area is 72.4 Å². The fourth-order valence-corrected chi connectivity index (χ4v) is 1.05. The van der Waals surface area contributed by atoms with Gasteiger partial charge in [-0.1, -0.05) is 13.5 Å². The van der Waals surface area contributed by atoms with Gasteiger partial charge in [-0.25, -0.2) is 4.79 Å². The van der Waals surface area contributed by atoms with Crippen molar-refractivity contribution in [2.24, 2.45) is 5.41 Å². The quantitative estimate of drug-likeness (QED) is 0.469. The summed E-state index contributed by atoms with van der Waals surface area (Å²) in [4.78, 5) is 10.6. The molecule has 3 heteroatoms. The summed E-state index contributed by atoms with van der Waals surface area (Å²) in [6, 6.07) is 0. The standard InChI is InChI=1S/C9H14O3/c1-3-8(10)12-5-4-9(2)6-11-7-9/h3H,1,4-7H2,2H3. The average Bonchev–Trinajstić information content (AvgIpc) is 2.01. The minimum atomic E-state index is -0.348. The first-order valence-electron chi connectivity index (χ1n) is 4.03. The van der Waals surface area contributed by atoms with Gasteiger partial charge in [0.1, 0.15) is 0 Å². The largest absolute Gasteiger partial charge is 0.463 e. The number of hydrogen-bond acceptors (Lipinski definition) is 3. The molecule has 0 spiro atoms. The van der Waals surface area contributed by atoms with Gasteiger partial charge in [-0.3, -0.25) is 0 Å². The molecular formula is C9H14O3. The van der Waals surface area contributed by atoms with Crippen LogP contribution in [0, 0.1) is 5.41 Å². The van der Waals surface area contributed by atoms with E-state index in [1.165, 1.54) is 6.08 Å². The van der Waals surface area contributed by atoms with Gasteiger partial charge in [-0.15, -0.1) is 0 Å². The molecular weight excluding hydrogens is 156 g/mol. The number of rotatable bonds is 4. The predicted molar refractivity (Wildman–Crippen MR) is 44.7 cm³/mol. The van der Waals surface area contributed by atoms with Crippen LogP contribution >= 0.6 is 0 Å². The molecule has 1 aliphatic heterocycles.